The van der Waals surface area contributed by atoms with Crippen molar-refractivity contribution in [3.63, 3.8) is 0 Å². The third kappa shape index (κ3) is 4.08. The molecule has 0 saturated heterocycles. The number of ether oxygens (including phenoxy) is 2. The van der Waals surface area contributed by atoms with Gasteiger partial charge in [-0.1, -0.05) is 6.07 Å². The Balaban J connectivity index is 2.15. The quantitative estimate of drug-likeness (QED) is 0.884. The maximum atomic E-state index is 5.72. The number of aromatic nitrogens is 2. The Morgan fingerprint density at radius 3 is 2.81 bits per heavy atom. The van der Waals surface area contributed by atoms with E-state index in [1.807, 2.05) is 39.0 Å². The molecule has 0 aliphatic rings. The molecular formula is C16H21N3O2. The molecular weight excluding hydrogens is 266 g/mol. The Bertz CT molecular complexity index is 600. The highest BCUT2D eigenvalue weighted by Gasteiger charge is 2.08. The smallest absolute Gasteiger partial charge is 0.218 e. The van der Waals surface area contributed by atoms with Crippen LogP contribution in [0.3, 0.4) is 0 Å². The lowest BCUT2D eigenvalue weighted by molar-refractivity contribution is 0.230. The van der Waals surface area contributed by atoms with Gasteiger partial charge in [0.2, 0.25) is 5.88 Å². The first-order valence-corrected chi connectivity index (χ1v) is 6.95. The summed E-state index contributed by atoms with van der Waals surface area (Å²) < 4.78 is 11.0. The molecule has 0 unspecified atom stereocenters. The second-order valence-electron chi connectivity index (χ2n) is 5.01. The molecule has 0 aliphatic carbocycles. The van der Waals surface area contributed by atoms with Gasteiger partial charge in [0.25, 0.3) is 0 Å². The number of hydrogen-bond acceptors (Lipinski definition) is 5. The van der Waals surface area contributed by atoms with Gasteiger partial charge in [0.1, 0.15) is 0 Å². The molecule has 21 heavy (non-hydrogen) atoms. The van der Waals surface area contributed by atoms with Gasteiger partial charge in [-0.05, 0) is 32.9 Å². The topological polar surface area (TPSA) is 56.3 Å². The van der Waals surface area contributed by atoms with E-state index in [1.165, 1.54) is 0 Å². The van der Waals surface area contributed by atoms with Crippen molar-refractivity contribution < 1.29 is 9.47 Å². The van der Waals surface area contributed by atoms with Crippen molar-refractivity contribution in [3.8, 4) is 11.6 Å². The van der Waals surface area contributed by atoms with Gasteiger partial charge in [0.05, 0.1) is 25.1 Å². The van der Waals surface area contributed by atoms with Gasteiger partial charge >= 0.3 is 0 Å². The minimum absolute atomic E-state index is 0.0938. The molecule has 2 rings (SSSR count). The average molecular weight is 287 g/mol. The van der Waals surface area contributed by atoms with Crippen molar-refractivity contribution in [3.05, 3.63) is 41.9 Å². The molecule has 0 saturated carbocycles. The van der Waals surface area contributed by atoms with Crippen molar-refractivity contribution in [1.29, 1.82) is 0 Å². The maximum absolute atomic E-state index is 5.72. The highest BCUT2D eigenvalue weighted by Crippen LogP contribution is 2.25. The van der Waals surface area contributed by atoms with Crippen LogP contribution < -0.4 is 14.8 Å². The molecule has 1 N–H and O–H groups in total. The Hall–Kier alpha value is -2.30. The molecule has 0 radical (unpaired) electrons. The number of anilines is 1. The molecule has 112 valence electrons. The molecule has 0 aromatic carbocycles. The monoisotopic (exact) mass is 287 g/mol. The van der Waals surface area contributed by atoms with E-state index in [2.05, 4.69) is 15.3 Å². The molecule has 0 amide bonds. The lowest BCUT2D eigenvalue weighted by Gasteiger charge is -2.15. The molecule has 0 fully saturated rings. The fourth-order valence-corrected chi connectivity index (χ4v) is 1.93. The van der Waals surface area contributed by atoms with E-state index in [0.717, 1.165) is 22.7 Å². The Labute approximate surface area is 125 Å². The van der Waals surface area contributed by atoms with E-state index in [4.69, 9.17) is 9.47 Å². The second-order valence-corrected chi connectivity index (χ2v) is 5.01. The Morgan fingerprint density at radius 1 is 1.29 bits per heavy atom. The zero-order valence-corrected chi connectivity index (χ0v) is 12.9. The molecule has 2 heterocycles. The van der Waals surface area contributed by atoms with Crippen molar-refractivity contribution in [1.82, 2.24) is 9.97 Å². The Kier molecular flexibility index (Phi) is 4.98. The van der Waals surface area contributed by atoms with Crippen LogP contribution in [0.1, 0.15) is 25.1 Å². The summed E-state index contributed by atoms with van der Waals surface area (Å²) in [4.78, 5) is 8.51. The van der Waals surface area contributed by atoms with Gasteiger partial charge in [-0.3, -0.25) is 4.98 Å². The fourth-order valence-electron chi connectivity index (χ4n) is 1.93. The van der Waals surface area contributed by atoms with Gasteiger partial charge in [-0.15, -0.1) is 0 Å². The number of aryl methyl sites for hydroxylation is 1. The standard InChI is InChI=1S/C16H21N3O2/c1-11(2)21-16-13(6-5-7-17-16)9-19-14-8-12(3)18-10-15(14)20-4/h5-8,10-11H,9H2,1-4H3,(H,18,19). The van der Waals surface area contributed by atoms with Crippen LogP contribution in [0.2, 0.25) is 0 Å². The first kappa shape index (κ1) is 15.1. The zero-order valence-electron chi connectivity index (χ0n) is 12.9. The largest absolute Gasteiger partial charge is 0.493 e. The number of hydrogen-bond donors (Lipinski definition) is 1. The van der Waals surface area contributed by atoms with Crippen molar-refractivity contribution in [2.24, 2.45) is 0 Å². The zero-order chi connectivity index (χ0) is 15.2. The van der Waals surface area contributed by atoms with Gasteiger partial charge in [0, 0.05) is 24.0 Å². The Morgan fingerprint density at radius 2 is 2.10 bits per heavy atom. The van der Waals surface area contributed by atoms with E-state index >= 15 is 0 Å². The van der Waals surface area contributed by atoms with E-state index < -0.39 is 0 Å². The van der Waals surface area contributed by atoms with E-state index in [-0.39, 0.29) is 6.10 Å². The van der Waals surface area contributed by atoms with Gasteiger partial charge in [0.15, 0.2) is 5.75 Å². The van der Waals surface area contributed by atoms with Gasteiger partial charge < -0.3 is 14.8 Å². The SMILES string of the molecule is COc1cnc(C)cc1NCc1cccnc1OC(C)C. The first-order valence-electron chi connectivity index (χ1n) is 6.95. The molecule has 0 atom stereocenters. The number of methoxy groups -OCH3 is 1. The summed E-state index contributed by atoms with van der Waals surface area (Å²) in [5, 5.41) is 3.35. The molecule has 0 spiro atoms. The maximum Gasteiger partial charge on any atom is 0.218 e. The van der Waals surface area contributed by atoms with Gasteiger partial charge in [-0.25, -0.2) is 4.98 Å². The second kappa shape index (κ2) is 6.92. The number of pyridine rings is 2. The summed E-state index contributed by atoms with van der Waals surface area (Å²) in [5.41, 5.74) is 2.84. The highest BCUT2D eigenvalue weighted by atomic mass is 16.5. The van der Waals surface area contributed by atoms with E-state index in [9.17, 15) is 0 Å². The van der Waals surface area contributed by atoms with Crippen LogP contribution in [0.25, 0.3) is 0 Å². The number of nitrogens with zero attached hydrogens (tertiary/aromatic N) is 2. The molecule has 0 bridgehead atoms. The van der Waals surface area contributed by atoms with Crippen molar-refractivity contribution >= 4 is 5.69 Å². The number of rotatable bonds is 6. The van der Waals surface area contributed by atoms with Gasteiger partial charge in [-0.2, -0.15) is 0 Å². The van der Waals surface area contributed by atoms with Crippen molar-refractivity contribution in [2.75, 3.05) is 12.4 Å². The van der Waals surface area contributed by atoms with Crippen molar-refractivity contribution in [2.45, 2.75) is 33.4 Å². The summed E-state index contributed by atoms with van der Waals surface area (Å²) in [7, 11) is 1.63. The summed E-state index contributed by atoms with van der Waals surface area (Å²) in [5.74, 6) is 1.38. The summed E-state index contributed by atoms with van der Waals surface area (Å²) in [6, 6.07) is 5.86. The first-order chi connectivity index (χ1) is 10.1. The highest BCUT2D eigenvalue weighted by molar-refractivity contribution is 5.56. The minimum atomic E-state index is 0.0938. The lowest BCUT2D eigenvalue weighted by Crippen LogP contribution is -2.11. The lowest BCUT2D eigenvalue weighted by atomic mass is 10.2. The molecule has 5 nitrogen and oxygen atoms in total. The fraction of sp³-hybridized carbons (Fsp3) is 0.375. The minimum Gasteiger partial charge on any atom is -0.493 e. The molecule has 5 heteroatoms. The van der Waals surface area contributed by atoms with Crippen LogP contribution in [-0.4, -0.2) is 23.2 Å². The van der Waals surface area contributed by atoms with Crippen LogP contribution in [0, 0.1) is 6.92 Å². The van der Waals surface area contributed by atoms with Crippen LogP contribution >= 0.6 is 0 Å². The predicted molar refractivity (Wildman–Crippen MR) is 82.9 cm³/mol. The third-order valence-corrected chi connectivity index (χ3v) is 2.89. The summed E-state index contributed by atoms with van der Waals surface area (Å²) >= 11 is 0. The predicted octanol–water partition coefficient (Wildman–Crippen LogP) is 3.19. The number of nitrogens with one attached hydrogen (secondary N) is 1. The van der Waals surface area contributed by atoms with Crippen LogP contribution in [0.5, 0.6) is 11.6 Å². The third-order valence-electron chi connectivity index (χ3n) is 2.89. The summed E-state index contributed by atoms with van der Waals surface area (Å²) in [6.45, 7) is 6.53. The van der Waals surface area contributed by atoms with Crippen LogP contribution in [-0.2, 0) is 6.54 Å². The summed E-state index contributed by atoms with van der Waals surface area (Å²) in [6.07, 6.45) is 3.54. The van der Waals surface area contributed by atoms with E-state index in [0.29, 0.717) is 12.4 Å². The van der Waals surface area contributed by atoms with Crippen LogP contribution in [0.15, 0.2) is 30.6 Å². The molecule has 2 aromatic rings. The van der Waals surface area contributed by atoms with E-state index in [1.54, 1.807) is 19.5 Å². The average Bonchev–Trinajstić information content (AvgIpc) is 2.46. The molecule has 0 aliphatic heterocycles. The molecule has 2 aromatic heterocycles. The normalized spacial score (nSPS) is 10.5. The van der Waals surface area contributed by atoms with Crippen LogP contribution in [0.4, 0.5) is 5.69 Å².